The zero-order valence-corrected chi connectivity index (χ0v) is 9.46. The van der Waals surface area contributed by atoms with E-state index in [1.54, 1.807) is 11.5 Å². The Morgan fingerprint density at radius 1 is 1.46 bits per heavy atom. The minimum absolute atomic E-state index is 1.05. The van der Waals surface area contributed by atoms with Crippen molar-refractivity contribution in [1.82, 2.24) is 9.27 Å². The number of aryl methyl sites for hydroxylation is 1. The van der Waals surface area contributed by atoms with E-state index < -0.39 is 0 Å². The van der Waals surface area contributed by atoms with Gasteiger partial charge < -0.3 is 0 Å². The van der Waals surface area contributed by atoms with E-state index in [1.807, 2.05) is 0 Å². The van der Waals surface area contributed by atoms with E-state index in [-0.39, 0.29) is 0 Å². The summed E-state index contributed by atoms with van der Waals surface area (Å²) in [5.74, 6) is 2.56. The fraction of sp³-hybridized carbons (Fsp3) is 0.667. The number of rotatable bonds is 2. The molecule has 0 aliphatic carbocycles. The molecule has 0 unspecified atom stereocenters. The van der Waals surface area contributed by atoms with E-state index in [2.05, 4.69) is 34.0 Å². The second kappa shape index (κ2) is 4.44. The predicted molar refractivity (Wildman–Crippen MR) is 59.5 cm³/mol. The molecular weight excluding hydrogens is 200 g/mol. The highest BCUT2D eigenvalue weighted by Gasteiger charge is 2.11. The zero-order chi connectivity index (χ0) is 9.10. The Kier molecular flexibility index (Phi) is 3.24. The van der Waals surface area contributed by atoms with E-state index in [0.717, 1.165) is 6.54 Å². The van der Waals surface area contributed by atoms with Crippen LogP contribution in [0.4, 0.5) is 0 Å². The summed E-state index contributed by atoms with van der Waals surface area (Å²) in [4.78, 5) is 3.81. The van der Waals surface area contributed by atoms with Crippen LogP contribution in [0.3, 0.4) is 0 Å². The van der Waals surface area contributed by atoms with Crippen molar-refractivity contribution < 1.29 is 0 Å². The van der Waals surface area contributed by atoms with Gasteiger partial charge in [-0.15, -0.1) is 0 Å². The fourth-order valence-electron chi connectivity index (χ4n) is 1.48. The molecule has 1 aromatic heterocycles. The Labute approximate surface area is 87.5 Å². The summed E-state index contributed by atoms with van der Waals surface area (Å²) in [7, 11) is 0. The van der Waals surface area contributed by atoms with Gasteiger partial charge in [0.05, 0.1) is 5.69 Å². The van der Waals surface area contributed by atoms with Gasteiger partial charge in [-0.05, 0) is 24.5 Å². The smallest absolute Gasteiger partial charge is 0.0685 e. The Morgan fingerprint density at radius 3 is 2.85 bits per heavy atom. The maximum Gasteiger partial charge on any atom is 0.0685 e. The lowest BCUT2D eigenvalue weighted by atomic mass is 10.3. The van der Waals surface area contributed by atoms with Crippen molar-refractivity contribution in [3.63, 3.8) is 0 Å². The van der Waals surface area contributed by atoms with Crippen LogP contribution in [0.15, 0.2) is 6.07 Å². The Balaban J connectivity index is 1.89. The maximum atomic E-state index is 4.40. The van der Waals surface area contributed by atoms with Gasteiger partial charge in [-0.3, -0.25) is 4.90 Å². The average molecular weight is 214 g/mol. The van der Waals surface area contributed by atoms with Gasteiger partial charge in [-0.2, -0.15) is 16.1 Å². The summed E-state index contributed by atoms with van der Waals surface area (Å²) >= 11 is 3.67. The molecule has 1 aromatic rings. The third kappa shape index (κ3) is 2.69. The third-order valence-electron chi connectivity index (χ3n) is 2.17. The van der Waals surface area contributed by atoms with Crippen LogP contribution >= 0.6 is 23.3 Å². The molecule has 0 N–H and O–H groups in total. The molecule has 0 atom stereocenters. The first-order chi connectivity index (χ1) is 6.34. The summed E-state index contributed by atoms with van der Waals surface area (Å²) in [6.45, 7) is 5.61. The molecule has 1 aliphatic rings. The van der Waals surface area contributed by atoms with E-state index in [4.69, 9.17) is 0 Å². The molecule has 4 heteroatoms. The lowest BCUT2D eigenvalue weighted by Gasteiger charge is -2.24. The summed E-state index contributed by atoms with van der Waals surface area (Å²) in [6, 6.07) is 2.20. The molecular formula is C9H14N2S2. The number of thioether (sulfide) groups is 1. The number of aromatic nitrogens is 1. The maximum absolute atomic E-state index is 4.40. The van der Waals surface area contributed by atoms with Gasteiger partial charge in [-0.1, -0.05) is 0 Å². The number of hydrogen-bond donors (Lipinski definition) is 0. The topological polar surface area (TPSA) is 16.1 Å². The van der Waals surface area contributed by atoms with Crippen molar-refractivity contribution in [2.45, 2.75) is 13.5 Å². The normalized spacial score (nSPS) is 19.2. The van der Waals surface area contributed by atoms with Crippen molar-refractivity contribution in [3.8, 4) is 0 Å². The Morgan fingerprint density at radius 2 is 2.23 bits per heavy atom. The summed E-state index contributed by atoms with van der Waals surface area (Å²) in [5, 5.41) is 0. The van der Waals surface area contributed by atoms with E-state index in [1.165, 1.54) is 35.2 Å². The van der Waals surface area contributed by atoms with Gasteiger partial charge in [0.15, 0.2) is 0 Å². The van der Waals surface area contributed by atoms with Crippen LogP contribution in [0, 0.1) is 6.92 Å². The van der Waals surface area contributed by atoms with Crippen LogP contribution in [0.1, 0.15) is 10.6 Å². The monoisotopic (exact) mass is 214 g/mol. The molecule has 1 aliphatic heterocycles. The van der Waals surface area contributed by atoms with E-state index in [0.29, 0.717) is 0 Å². The number of hydrogen-bond acceptors (Lipinski definition) is 4. The van der Waals surface area contributed by atoms with Crippen LogP contribution < -0.4 is 0 Å². The van der Waals surface area contributed by atoms with Crippen LogP contribution in [0.2, 0.25) is 0 Å². The van der Waals surface area contributed by atoms with E-state index >= 15 is 0 Å². The van der Waals surface area contributed by atoms with Gasteiger partial charge >= 0.3 is 0 Å². The molecule has 0 aromatic carbocycles. The molecule has 0 amide bonds. The van der Waals surface area contributed by atoms with Crippen molar-refractivity contribution in [3.05, 3.63) is 16.6 Å². The first kappa shape index (κ1) is 9.49. The standard InChI is InChI=1S/C9H14N2S2/c1-8-6-9(10-13-8)7-11-2-4-12-5-3-11/h6H,2-5,7H2,1H3. The van der Waals surface area contributed by atoms with Gasteiger partial charge in [0.25, 0.3) is 0 Å². The first-order valence-electron chi connectivity index (χ1n) is 4.57. The molecule has 0 spiro atoms. The highest BCUT2D eigenvalue weighted by Crippen LogP contribution is 2.14. The molecule has 72 valence electrons. The molecule has 2 heterocycles. The van der Waals surface area contributed by atoms with Crippen molar-refractivity contribution in [1.29, 1.82) is 0 Å². The largest absolute Gasteiger partial charge is 0.296 e. The zero-order valence-electron chi connectivity index (χ0n) is 7.82. The van der Waals surface area contributed by atoms with Gasteiger partial charge in [0, 0.05) is 36.0 Å². The minimum Gasteiger partial charge on any atom is -0.296 e. The fourth-order valence-corrected chi connectivity index (χ4v) is 3.02. The van der Waals surface area contributed by atoms with Crippen molar-refractivity contribution in [2.75, 3.05) is 24.6 Å². The number of nitrogens with zero attached hydrogens (tertiary/aromatic N) is 2. The Hall–Kier alpha value is -0.0600. The van der Waals surface area contributed by atoms with Crippen molar-refractivity contribution in [2.24, 2.45) is 0 Å². The molecule has 1 fully saturated rings. The SMILES string of the molecule is Cc1cc(CN2CCSCC2)ns1. The van der Waals surface area contributed by atoms with Crippen LogP contribution in [0.5, 0.6) is 0 Å². The molecule has 2 nitrogen and oxygen atoms in total. The average Bonchev–Trinajstić information content (AvgIpc) is 2.53. The van der Waals surface area contributed by atoms with Crippen LogP contribution in [0.25, 0.3) is 0 Å². The molecule has 0 saturated carbocycles. The van der Waals surface area contributed by atoms with Crippen LogP contribution in [-0.2, 0) is 6.54 Å². The Bertz CT molecular complexity index is 266. The van der Waals surface area contributed by atoms with Crippen molar-refractivity contribution >= 4 is 23.3 Å². The molecule has 2 rings (SSSR count). The summed E-state index contributed by atoms with van der Waals surface area (Å²) in [5.41, 5.74) is 1.24. The van der Waals surface area contributed by atoms with E-state index in [9.17, 15) is 0 Å². The third-order valence-corrected chi connectivity index (χ3v) is 3.84. The second-order valence-corrected chi connectivity index (χ2v) is 5.55. The second-order valence-electron chi connectivity index (χ2n) is 3.32. The van der Waals surface area contributed by atoms with Gasteiger partial charge in [-0.25, -0.2) is 0 Å². The lowest BCUT2D eigenvalue weighted by molar-refractivity contribution is 0.292. The minimum atomic E-state index is 1.05. The molecule has 1 saturated heterocycles. The summed E-state index contributed by atoms with van der Waals surface area (Å²) < 4.78 is 4.40. The van der Waals surface area contributed by atoms with Gasteiger partial charge in [0.2, 0.25) is 0 Å². The predicted octanol–water partition coefficient (Wildman–Crippen LogP) is 2.00. The van der Waals surface area contributed by atoms with Gasteiger partial charge in [0.1, 0.15) is 0 Å². The highest BCUT2D eigenvalue weighted by molar-refractivity contribution is 7.99. The highest BCUT2D eigenvalue weighted by atomic mass is 32.2. The molecule has 13 heavy (non-hydrogen) atoms. The quantitative estimate of drug-likeness (QED) is 0.749. The first-order valence-corrected chi connectivity index (χ1v) is 6.50. The van der Waals surface area contributed by atoms with Crippen LogP contribution in [-0.4, -0.2) is 33.9 Å². The summed E-state index contributed by atoms with van der Waals surface area (Å²) in [6.07, 6.45) is 0. The molecule has 0 radical (unpaired) electrons. The lowest BCUT2D eigenvalue weighted by Crippen LogP contribution is -2.32. The molecule has 0 bridgehead atoms.